The number of hydrogen-bond acceptors (Lipinski definition) is 5. The van der Waals surface area contributed by atoms with Gasteiger partial charge in [0, 0.05) is 31.4 Å². The van der Waals surface area contributed by atoms with E-state index in [9.17, 15) is 9.59 Å². The van der Waals surface area contributed by atoms with Gasteiger partial charge < -0.3 is 14.8 Å². The largest absolute Gasteiger partial charge is 0.497 e. The Hall–Kier alpha value is -4.13. The van der Waals surface area contributed by atoms with Crippen molar-refractivity contribution in [1.29, 1.82) is 0 Å². The van der Waals surface area contributed by atoms with Gasteiger partial charge in [-0.3, -0.25) is 9.59 Å². The molecule has 35 heavy (non-hydrogen) atoms. The van der Waals surface area contributed by atoms with Crippen molar-refractivity contribution in [3.05, 3.63) is 95.6 Å². The van der Waals surface area contributed by atoms with E-state index in [4.69, 9.17) is 9.47 Å². The lowest BCUT2D eigenvalue weighted by Crippen LogP contribution is -2.29. The molecule has 0 aliphatic carbocycles. The maximum atomic E-state index is 13.2. The summed E-state index contributed by atoms with van der Waals surface area (Å²) in [5.41, 5.74) is 3.68. The first-order chi connectivity index (χ1) is 17.1. The first-order valence-electron chi connectivity index (χ1n) is 11.6. The number of hydrogen-bond donors (Lipinski definition) is 1. The Morgan fingerprint density at radius 3 is 2.34 bits per heavy atom. The Morgan fingerprint density at radius 2 is 1.63 bits per heavy atom. The number of carbonyl (C=O) groups is 2. The van der Waals surface area contributed by atoms with Crippen LogP contribution in [0.25, 0.3) is 0 Å². The first kappa shape index (κ1) is 24.0. The third-order valence-electron chi connectivity index (χ3n) is 6.01. The summed E-state index contributed by atoms with van der Waals surface area (Å²) in [7, 11) is 3.22. The van der Waals surface area contributed by atoms with Crippen LogP contribution in [0.3, 0.4) is 0 Å². The van der Waals surface area contributed by atoms with E-state index >= 15 is 0 Å². The number of nitrogens with zero attached hydrogens (tertiary/aromatic N) is 2. The van der Waals surface area contributed by atoms with E-state index in [0.29, 0.717) is 18.7 Å². The molecule has 0 saturated carbocycles. The van der Waals surface area contributed by atoms with Gasteiger partial charge in [0.05, 0.1) is 26.0 Å². The van der Waals surface area contributed by atoms with Crippen LogP contribution in [0.1, 0.15) is 42.0 Å². The SMILES string of the molecule is COc1ccc(C2CC(c3ccccc3)=NN2C(=O)CCC(=O)NCc2ccccc2OC)cc1. The molecule has 7 nitrogen and oxygen atoms in total. The summed E-state index contributed by atoms with van der Waals surface area (Å²) in [6, 6.07) is 24.8. The van der Waals surface area contributed by atoms with Crippen LogP contribution in [0.5, 0.6) is 11.5 Å². The van der Waals surface area contributed by atoms with Crippen molar-refractivity contribution < 1.29 is 19.1 Å². The van der Waals surface area contributed by atoms with Crippen LogP contribution < -0.4 is 14.8 Å². The highest BCUT2D eigenvalue weighted by molar-refractivity contribution is 6.03. The molecule has 0 bridgehead atoms. The fourth-order valence-electron chi connectivity index (χ4n) is 4.10. The molecule has 0 saturated heterocycles. The topological polar surface area (TPSA) is 80.2 Å². The Bertz CT molecular complexity index is 1190. The van der Waals surface area contributed by atoms with Gasteiger partial charge >= 0.3 is 0 Å². The number of para-hydroxylation sites is 1. The summed E-state index contributed by atoms with van der Waals surface area (Å²) in [6.07, 6.45) is 0.744. The highest BCUT2D eigenvalue weighted by Gasteiger charge is 2.33. The molecule has 2 amide bonds. The molecule has 4 rings (SSSR count). The van der Waals surface area contributed by atoms with Gasteiger partial charge in [0.25, 0.3) is 0 Å². The van der Waals surface area contributed by atoms with Gasteiger partial charge in [0.2, 0.25) is 11.8 Å². The molecule has 1 aliphatic rings. The average Bonchev–Trinajstić information content (AvgIpc) is 3.37. The van der Waals surface area contributed by atoms with Crippen LogP contribution in [0.4, 0.5) is 0 Å². The second kappa shape index (κ2) is 11.3. The third kappa shape index (κ3) is 5.87. The molecule has 1 unspecified atom stereocenters. The molecule has 0 radical (unpaired) electrons. The standard InChI is InChI=1S/C28H29N3O4/c1-34-23-14-12-21(13-15-23)25-18-24(20-8-4-3-5-9-20)30-31(25)28(33)17-16-27(32)29-19-22-10-6-7-11-26(22)35-2/h3-15,25H,16-19H2,1-2H3,(H,29,32). The Morgan fingerprint density at radius 1 is 0.914 bits per heavy atom. The number of carbonyl (C=O) groups excluding carboxylic acids is 2. The predicted molar refractivity (Wildman–Crippen MR) is 134 cm³/mol. The maximum absolute atomic E-state index is 13.2. The smallest absolute Gasteiger partial charge is 0.243 e. The molecule has 0 fully saturated rings. The fraction of sp³-hybridized carbons (Fsp3) is 0.250. The van der Waals surface area contributed by atoms with Gasteiger partial charge in [-0.15, -0.1) is 0 Å². The van der Waals surface area contributed by atoms with E-state index in [1.54, 1.807) is 14.2 Å². The van der Waals surface area contributed by atoms with Crippen molar-refractivity contribution in [3.8, 4) is 11.5 Å². The number of ether oxygens (including phenoxy) is 2. The minimum atomic E-state index is -0.236. The second-order valence-electron chi connectivity index (χ2n) is 8.23. The van der Waals surface area contributed by atoms with E-state index in [1.165, 1.54) is 5.01 Å². The normalized spacial score (nSPS) is 14.9. The number of methoxy groups -OCH3 is 2. The number of rotatable bonds is 9. The van der Waals surface area contributed by atoms with Gasteiger partial charge in [-0.05, 0) is 29.3 Å². The molecule has 180 valence electrons. The summed E-state index contributed by atoms with van der Waals surface area (Å²) in [4.78, 5) is 25.7. The van der Waals surface area contributed by atoms with E-state index in [1.807, 2.05) is 78.9 Å². The lowest BCUT2D eigenvalue weighted by atomic mass is 9.98. The van der Waals surface area contributed by atoms with E-state index in [2.05, 4.69) is 10.4 Å². The molecule has 1 atom stereocenters. The molecule has 1 heterocycles. The highest BCUT2D eigenvalue weighted by Crippen LogP contribution is 2.34. The lowest BCUT2D eigenvalue weighted by Gasteiger charge is -2.22. The summed E-state index contributed by atoms with van der Waals surface area (Å²) >= 11 is 0. The van der Waals surface area contributed by atoms with Crippen LogP contribution in [-0.2, 0) is 16.1 Å². The summed E-state index contributed by atoms with van der Waals surface area (Å²) < 4.78 is 10.6. The van der Waals surface area contributed by atoms with Crippen LogP contribution in [0.2, 0.25) is 0 Å². The van der Waals surface area contributed by atoms with E-state index < -0.39 is 0 Å². The highest BCUT2D eigenvalue weighted by atomic mass is 16.5. The van der Waals surface area contributed by atoms with Crippen molar-refractivity contribution in [2.24, 2.45) is 5.10 Å². The van der Waals surface area contributed by atoms with Crippen LogP contribution in [0.15, 0.2) is 84.0 Å². The van der Waals surface area contributed by atoms with Gasteiger partial charge in [-0.2, -0.15) is 5.10 Å². The molecule has 1 aliphatic heterocycles. The van der Waals surface area contributed by atoms with Crippen molar-refractivity contribution >= 4 is 17.5 Å². The zero-order valence-corrected chi connectivity index (χ0v) is 19.9. The second-order valence-corrected chi connectivity index (χ2v) is 8.23. The minimum absolute atomic E-state index is 0.0655. The molecular formula is C28H29N3O4. The summed E-state index contributed by atoms with van der Waals surface area (Å²) in [5.74, 6) is 1.08. The van der Waals surface area contributed by atoms with Gasteiger partial charge in [-0.1, -0.05) is 60.7 Å². The first-order valence-corrected chi connectivity index (χ1v) is 11.6. The maximum Gasteiger partial charge on any atom is 0.243 e. The molecule has 0 spiro atoms. The van der Waals surface area contributed by atoms with Gasteiger partial charge in [-0.25, -0.2) is 5.01 Å². The van der Waals surface area contributed by atoms with Crippen LogP contribution in [0, 0.1) is 0 Å². The predicted octanol–water partition coefficient (Wildman–Crippen LogP) is 4.48. The quantitative estimate of drug-likeness (QED) is 0.499. The van der Waals surface area contributed by atoms with E-state index in [0.717, 1.165) is 28.2 Å². The lowest BCUT2D eigenvalue weighted by molar-refractivity contribution is -0.135. The monoisotopic (exact) mass is 471 g/mol. The van der Waals surface area contributed by atoms with Gasteiger partial charge in [0.1, 0.15) is 11.5 Å². The average molecular weight is 472 g/mol. The molecule has 1 N–H and O–H groups in total. The summed E-state index contributed by atoms with van der Waals surface area (Å²) in [5, 5.41) is 9.07. The fourth-order valence-corrected chi connectivity index (χ4v) is 4.10. The molecule has 3 aromatic rings. The van der Waals surface area contributed by atoms with Crippen molar-refractivity contribution in [1.82, 2.24) is 10.3 Å². The number of amides is 2. The van der Waals surface area contributed by atoms with Crippen molar-refractivity contribution in [2.45, 2.75) is 31.8 Å². The number of benzene rings is 3. The molecule has 3 aromatic carbocycles. The molecular weight excluding hydrogens is 442 g/mol. The zero-order chi connectivity index (χ0) is 24.6. The Kier molecular flexibility index (Phi) is 7.77. The number of nitrogens with one attached hydrogen (secondary N) is 1. The molecule has 0 aromatic heterocycles. The molecule has 7 heteroatoms. The van der Waals surface area contributed by atoms with Crippen LogP contribution >= 0.6 is 0 Å². The Balaban J connectivity index is 1.43. The van der Waals surface area contributed by atoms with Gasteiger partial charge in [0.15, 0.2) is 0 Å². The van der Waals surface area contributed by atoms with Crippen molar-refractivity contribution in [3.63, 3.8) is 0 Å². The van der Waals surface area contributed by atoms with E-state index in [-0.39, 0.29) is 30.7 Å². The summed E-state index contributed by atoms with van der Waals surface area (Å²) in [6.45, 7) is 0.339. The zero-order valence-electron chi connectivity index (χ0n) is 19.9. The minimum Gasteiger partial charge on any atom is -0.497 e. The van der Waals surface area contributed by atoms with Crippen molar-refractivity contribution in [2.75, 3.05) is 14.2 Å². The third-order valence-corrected chi connectivity index (χ3v) is 6.01. The van der Waals surface area contributed by atoms with Crippen LogP contribution in [-0.4, -0.2) is 36.8 Å². The Labute approximate surface area is 205 Å². The number of hydrazone groups is 1.